The van der Waals surface area contributed by atoms with E-state index >= 15 is 0 Å². The van der Waals surface area contributed by atoms with Crippen LogP contribution in [0.1, 0.15) is 27.2 Å². The predicted octanol–water partition coefficient (Wildman–Crippen LogP) is 1.77. The van der Waals surface area contributed by atoms with Gasteiger partial charge in [-0.1, -0.05) is 6.92 Å². The Labute approximate surface area is 101 Å². The molecule has 0 aromatic heterocycles. The van der Waals surface area contributed by atoms with E-state index in [2.05, 4.69) is 0 Å². The van der Waals surface area contributed by atoms with Crippen molar-refractivity contribution in [2.24, 2.45) is 11.1 Å². The molecule has 1 saturated carbocycles. The van der Waals surface area contributed by atoms with Gasteiger partial charge in [0.25, 0.3) is 0 Å². The largest absolute Gasteiger partial charge is 0.369 e. The first-order valence-electron chi connectivity index (χ1n) is 5.08. The van der Waals surface area contributed by atoms with Crippen LogP contribution >= 0.6 is 23.2 Å². The van der Waals surface area contributed by atoms with Crippen molar-refractivity contribution in [3.05, 3.63) is 0 Å². The average molecular weight is 253 g/mol. The predicted molar refractivity (Wildman–Crippen MR) is 63.1 cm³/mol. The summed E-state index contributed by atoms with van der Waals surface area (Å²) in [4.78, 5) is 12.9. The molecule has 0 bridgehead atoms. The average Bonchev–Trinajstić information content (AvgIpc) is 2.47. The third kappa shape index (κ3) is 2.99. The van der Waals surface area contributed by atoms with E-state index in [1.165, 1.54) is 0 Å². The van der Waals surface area contributed by atoms with E-state index in [1.807, 2.05) is 25.7 Å². The monoisotopic (exact) mass is 252 g/mol. The summed E-state index contributed by atoms with van der Waals surface area (Å²) in [6, 6.07) is 0.263. The highest BCUT2D eigenvalue weighted by Crippen LogP contribution is 2.63. The second-order valence-electron chi connectivity index (χ2n) is 4.91. The zero-order chi connectivity index (χ0) is 11.9. The summed E-state index contributed by atoms with van der Waals surface area (Å²) in [5.41, 5.74) is 5.08. The van der Waals surface area contributed by atoms with Gasteiger partial charge in [-0.3, -0.25) is 9.69 Å². The maximum absolute atomic E-state index is 10.9. The first kappa shape index (κ1) is 13.1. The molecule has 1 aliphatic rings. The van der Waals surface area contributed by atoms with E-state index in [0.29, 0.717) is 6.54 Å². The molecule has 1 rings (SSSR count). The Kier molecular flexibility index (Phi) is 3.59. The minimum Gasteiger partial charge on any atom is -0.369 e. The summed E-state index contributed by atoms with van der Waals surface area (Å²) >= 11 is 12.1. The zero-order valence-corrected chi connectivity index (χ0v) is 10.9. The molecule has 0 aliphatic heterocycles. The fourth-order valence-corrected chi connectivity index (χ4v) is 2.40. The number of rotatable bonds is 5. The minimum absolute atomic E-state index is 0.115. The standard InChI is InChI=1S/C10H18Cl2N2O/c1-7(2)14(4-8(13)15)6-9(3)5-10(9,11)12/h7H,4-6H2,1-3H3,(H2,13,15)/t9-/m0/s1. The number of carbonyl (C=O) groups excluding carboxylic acids is 1. The highest BCUT2D eigenvalue weighted by Gasteiger charge is 2.63. The van der Waals surface area contributed by atoms with Crippen LogP contribution in [0.5, 0.6) is 0 Å². The number of amides is 1. The molecular formula is C10H18Cl2N2O. The summed E-state index contributed by atoms with van der Waals surface area (Å²) in [5.74, 6) is -0.317. The lowest BCUT2D eigenvalue weighted by Crippen LogP contribution is -2.42. The van der Waals surface area contributed by atoms with Crippen molar-refractivity contribution in [2.45, 2.75) is 37.6 Å². The van der Waals surface area contributed by atoms with Crippen LogP contribution in [-0.4, -0.2) is 34.3 Å². The molecule has 1 aliphatic carbocycles. The van der Waals surface area contributed by atoms with E-state index < -0.39 is 4.33 Å². The first-order chi connectivity index (χ1) is 6.68. The Morgan fingerprint density at radius 3 is 2.27 bits per heavy atom. The van der Waals surface area contributed by atoms with Crippen LogP contribution in [0.3, 0.4) is 0 Å². The molecule has 3 nitrogen and oxygen atoms in total. The van der Waals surface area contributed by atoms with Crippen molar-refractivity contribution >= 4 is 29.1 Å². The van der Waals surface area contributed by atoms with Gasteiger partial charge in [-0.2, -0.15) is 0 Å². The summed E-state index contributed by atoms with van der Waals surface area (Å²) in [6.45, 7) is 7.05. The van der Waals surface area contributed by atoms with Crippen molar-refractivity contribution in [3.63, 3.8) is 0 Å². The van der Waals surface area contributed by atoms with E-state index in [1.54, 1.807) is 0 Å². The smallest absolute Gasteiger partial charge is 0.231 e. The Balaban J connectivity index is 2.57. The highest BCUT2D eigenvalue weighted by atomic mass is 35.5. The quantitative estimate of drug-likeness (QED) is 0.759. The summed E-state index contributed by atoms with van der Waals surface area (Å²) < 4.78 is -0.641. The third-order valence-electron chi connectivity index (χ3n) is 3.01. The van der Waals surface area contributed by atoms with Crippen molar-refractivity contribution in [3.8, 4) is 0 Å². The van der Waals surface area contributed by atoms with E-state index in [-0.39, 0.29) is 23.9 Å². The topological polar surface area (TPSA) is 46.3 Å². The van der Waals surface area contributed by atoms with Crippen LogP contribution in [0.2, 0.25) is 0 Å². The Morgan fingerprint density at radius 2 is 2.00 bits per heavy atom. The second kappa shape index (κ2) is 4.11. The molecule has 0 unspecified atom stereocenters. The molecule has 0 aromatic rings. The van der Waals surface area contributed by atoms with Gasteiger partial charge in [0, 0.05) is 18.0 Å². The lowest BCUT2D eigenvalue weighted by molar-refractivity contribution is -0.119. The SMILES string of the molecule is CC(C)N(CC(N)=O)C[C@]1(C)CC1(Cl)Cl. The van der Waals surface area contributed by atoms with Crippen LogP contribution in [0.15, 0.2) is 0 Å². The normalized spacial score (nSPS) is 28.5. The maximum Gasteiger partial charge on any atom is 0.231 e. The number of nitrogens with zero attached hydrogens (tertiary/aromatic N) is 1. The molecule has 88 valence electrons. The molecule has 2 N–H and O–H groups in total. The van der Waals surface area contributed by atoms with E-state index in [4.69, 9.17) is 28.9 Å². The summed E-state index contributed by atoms with van der Waals surface area (Å²) in [5, 5.41) is 0. The molecule has 1 atom stereocenters. The van der Waals surface area contributed by atoms with E-state index in [0.717, 1.165) is 6.42 Å². The molecule has 1 amide bonds. The third-order valence-corrected chi connectivity index (χ3v) is 4.19. The number of hydrogen-bond donors (Lipinski definition) is 1. The number of halogens is 2. The fourth-order valence-electron chi connectivity index (χ4n) is 1.69. The van der Waals surface area contributed by atoms with Crippen LogP contribution in [0, 0.1) is 5.41 Å². The van der Waals surface area contributed by atoms with E-state index in [9.17, 15) is 4.79 Å². The number of nitrogens with two attached hydrogens (primary N) is 1. The molecule has 0 heterocycles. The number of alkyl halides is 2. The van der Waals surface area contributed by atoms with Gasteiger partial charge in [0.15, 0.2) is 0 Å². The molecule has 15 heavy (non-hydrogen) atoms. The summed E-state index contributed by atoms with van der Waals surface area (Å²) in [7, 11) is 0. The Morgan fingerprint density at radius 1 is 1.53 bits per heavy atom. The molecule has 1 fully saturated rings. The van der Waals surface area contributed by atoms with Gasteiger partial charge in [0.05, 0.1) is 6.54 Å². The molecule has 0 radical (unpaired) electrons. The van der Waals surface area contributed by atoms with Crippen LogP contribution < -0.4 is 5.73 Å². The Bertz CT molecular complexity index is 268. The van der Waals surface area contributed by atoms with Crippen LogP contribution in [0.4, 0.5) is 0 Å². The number of primary amides is 1. The van der Waals surface area contributed by atoms with Crippen LogP contribution in [0.25, 0.3) is 0 Å². The molecular weight excluding hydrogens is 235 g/mol. The second-order valence-corrected chi connectivity index (χ2v) is 6.39. The number of hydrogen-bond acceptors (Lipinski definition) is 2. The number of carbonyl (C=O) groups is 1. The first-order valence-corrected chi connectivity index (χ1v) is 5.84. The zero-order valence-electron chi connectivity index (χ0n) is 9.39. The molecule has 0 aromatic carbocycles. The van der Waals surface area contributed by atoms with Gasteiger partial charge < -0.3 is 5.73 Å². The summed E-state index contributed by atoms with van der Waals surface area (Å²) in [6.07, 6.45) is 0.769. The molecule has 5 heteroatoms. The highest BCUT2D eigenvalue weighted by molar-refractivity contribution is 6.51. The fraction of sp³-hybridized carbons (Fsp3) is 0.900. The van der Waals surface area contributed by atoms with Crippen molar-refractivity contribution < 1.29 is 4.79 Å². The van der Waals surface area contributed by atoms with Crippen molar-refractivity contribution in [1.82, 2.24) is 4.90 Å². The molecule has 0 saturated heterocycles. The van der Waals surface area contributed by atoms with Gasteiger partial charge >= 0.3 is 0 Å². The van der Waals surface area contributed by atoms with Gasteiger partial charge in [-0.25, -0.2) is 0 Å². The lowest BCUT2D eigenvalue weighted by atomic mass is 10.1. The van der Waals surface area contributed by atoms with Crippen molar-refractivity contribution in [1.29, 1.82) is 0 Å². The molecule has 0 spiro atoms. The van der Waals surface area contributed by atoms with Crippen LogP contribution in [-0.2, 0) is 4.79 Å². The van der Waals surface area contributed by atoms with Gasteiger partial charge in [0.1, 0.15) is 4.33 Å². The van der Waals surface area contributed by atoms with Gasteiger partial charge in [0.2, 0.25) is 5.91 Å². The van der Waals surface area contributed by atoms with Gasteiger partial charge in [-0.05, 0) is 20.3 Å². The minimum atomic E-state index is -0.641. The lowest BCUT2D eigenvalue weighted by Gasteiger charge is -2.28. The van der Waals surface area contributed by atoms with Crippen molar-refractivity contribution in [2.75, 3.05) is 13.1 Å². The maximum atomic E-state index is 10.9. The van der Waals surface area contributed by atoms with Gasteiger partial charge in [-0.15, -0.1) is 23.2 Å². The Hall–Kier alpha value is 0.01000.